The van der Waals surface area contributed by atoms with Gasteiger partial charge < -0.3 is 10.6 Å². The van der Waals surface area contributed by atoms with Crippen molar-refractivity contribution in [3.8, 4) is 0 Å². The first-order valence-corrected chi connectivity index (χ1v) is 8.78. The average molecular weight is 325 g/mol. The van der Waals surface area contributed by atoms with Crippen molar-refractivity contribution >= 4 is 17.4 Å². The van der Waals surface area contributed by atoms with Crippen LogP contribution < -0.4 is 5.73 Å². The second-order valence-corrected chi connectivity index (χ2v) is 6.99. The zero-order valence-electron chi connectivity index (χ0n) is 13.8. The predicted octanol–water partition coefficient (Wildman–Crippen LogP) is 1.50. The minimum absolute atomic E-state index is 0.122. The molecular weight excluding hydrogens is 302 g/mol. The third-order valence-electron chi connectivity index (χ3n) is 5.54. The maximum atomic E-state index is 12.7. The quantitative estimate of drug-likeness (QED) is 0.912. The molecule has 0 radical (unpaired) electrons. The average Bonchev–Trinajstić information content (AvgIpc) is 3.34. The number of rotatable bonds is 4. The van der Waals surface area contributed by atoms with Gasteiger partial charge >= 0.3 is 0 Å². The zero-order valence-corrected chi connectivity index (χ0v) is 13.8. The third-order valence-corrected chi connectivity index (χ3v) is 5.54. The van der Waals surface area contributed by atoms with E-state index in [-0.39, 0.29) is 11.8 Å². The van der Waals surface area contributed by atoms with Crippen LogP contribution in [0.5, 0.6) is 0 Å². The van der Waals surface area contributed by atoms with Gasteiger partial charge in [-0.15, -0.1) is 0 Å². The van der Waals surface area contributed by atoms with Crippen LogP contribution in [0.1, 0.15) is 35.2 Å². The molecule has 5 nitrogen and oxygen atoms in total. The van der Waals surface area contributed by atoms with Crippen LogP contribution in [-0.2, 0) is 4.79 Å². The highest BCUT2D eigenvalue weighted by atomic mass is 16.2. The van der Waals surface area contributed by atoms with Gasteiger partial charge in [-0.1, -0.05) is 24.6 Å². The molecule has 2 N–H and O–H groups in total. The maximum absolute atomic E-state index is 12.7. The topological polar surface area (TPSA) is 66.6 Å². The van der Waals surface area contributed by atoms with E-state index in [1.54, 1.807) is 12.1 Å². The Morgan fingerprint density at radius 2 is 1.83 bits per heavy atom. The van der Waals surface area contributed by atoms with E-state index < -0.39 is 5.91 Å². The molecule has 5 heteroatoms. The number of amides is 2. The van der Waals surface area contributed by atoms with E-state index in [0.29, 0.717) is 5.56 Å². The lowest BCUT2D eigenvalue weighted by Gasteiger charge is -2.43. The van der Waals surface area contributed by atoms with Crippen LogP contribution in [0.25, 0.3) is 5.57 Å². The molecule has 1 aliphatic heterocycles. The summed E-state index contributed by atoms with van der Waals surface area (Å²) in [6, 6.07) is 7.97. The Morgan fingerprint density at radius 1 is 1.08 bits per heavy atom. The molecule has 1 heterocycles. The van der Waals surface area contributed by atoms with Crippen LogP contribution in [0.2, 0.25) is 0 Å². The molecule has 1 saturated heterocycles. The Labute approximate surface area is 142 Å². The molecule has 126 valence electrons. The standard InChI is InChI=1S/C19H23N3O2/c20-18(23)14-4-1-3-13(11-14)16-12-17(16)19(24)22-9-7-21(8-10-22)15-5-2-6-15/h1,3-4,11-12,15,17H,2,5-10H2,(H2,20,23). The molecule has 1 aromatic rings. The lowest BCUT2D eigenvalue weighted by molar-refractivity contribution is -0.134. The van der Waals surface area contributed by atoms with E-state index in [1.165, 1.54) is 19.3 Å². The number of piperazine rings is 1. The van der Waals surface area contributed by atoms with Gasteiger partial charge in [0.1, 0.15) is 0 Å². The number of nitrogens with two attached hydrogens (primary N) is 1. The summed E-state index contributed by atoms with van der Waals surface area (Å²) in [5.74, 6) is -0.362. The molecule has 2 aliphatic carbocycles. The summed E-state index contributed by atoms with van der Waals surface area (Å²) >= 11 is 0. The van der Waals surface area contributed by atoms with Crippen molar-refractivity contribution in [3.63, 3.8) is 0 Å². The minimum atomic E-state index is -0.437. The number of hydrogen-bond acceptors (Lipinski definition) is 3. The second kappa shape index (κ2) is 6.06. The Hall–Kier alpha value is -2.14. The number of benzene rings is 1. The SMILES string of the molecule is NC(=O)c1cccc(C2=CC2C(=O)N2CCN(C3CCC3)CC2)c1. The molecule has 1 aromatic carbocycles. The lowest BCUT2D eigenvalue weighted by Crippen LogP contribution is -2.53. The fraction of sp³-hybridized carbons (Fsp3) is 0.474. The zero-order chi connectivity index (χ0) is 16.7. The smallest absolute Gasteiger partial charge is 0.248 e. The van der Waals surface area contributed by atoms with Gasteiger partial charge in [-0.2, -0.15) is 0 Å². The summed E-state index contributed by atoms with van der Waals surface area (Å²) in [5.41, 5.74) is 7.76. The van der Waals surface area contributed by atoms with Crippen molar-refractivity contribution in [2.75, 3.05) is 26.2 Å². The number of hydrogen-bond donors (Lipinski definition) is 1. The van der Waals surface area contributed by atoms with Crippen LogP contribution in [0.4, 0.5) is 0 Å². The van der Waals surface area contributed by atoms with Gasteiger partial charge in [-0.25, -0.2) is 0 Å². The number of primary amides is 1. The van der Waals surface area contributed by atoms with Gasteiger partial charge in [0.25, 0.3) is 0 Å². The van der Waals surface area contributed by atoms with Crippen molar-refractivity contribution in [2.24, 2.45) is 11.7 Å². The fourth-order valence-electron chi connectivity index (χ4n) is 3.72. The fourth-order valence-corrected chi connectivity index (χ4v) is 3.72. The Morgan fingerprint density at radius 3 is 2.46 bits per heavy atom. The summed E-state index contributed by atoms with van der Waals surface area (Å²) in [6.07, 6.45) is 5.97. The number of carbonyl (C=O) groups excluding carboxylic acids is 2. The third kappa shape index (κ3) is 2.84. The maximum Gasteiger partial charge on any atom is 0.248 e. The summed E-state index contributed by atoms with van der Waals surface area (Å²) in [5, 5.41) is 0. The second-order valence-electron chi connectivity index (χ2n) is 6.99. The monoisotopic (exact) mass is 325 g/mol. The molecule has 2 fully saturated rings. The van der Waals surface area contributed by atoms with E-state index in [1.807, 2.05) is 23.1 Å². The van der Waals surface area contributed by atoms with E-state index in [4.69, 9.17) is 5.73 Å². The molecule has 0 bridgehead atoms. The molecule has 0 aromatic heterocycles. The number of nitrogens with zero attached hydrogens (tertiary/aromatic N) is 2. The van der Waals surface area contributed by atoms with Gasteiger partial charge in [0.05, 0.1) is 5.92 Å². The van der Waals surface area contributed by atoms with Crippen molar-refractivity contribution in [1.29, 1.82) is 0 Å². The highest BCUT2D eigenvalue weighted by Gasteiger charge is 2.38. The molecular formula is C19H23N3O2. The van der Waals surface area contributed by atoms with Crippen LogP contribution in [0.15, 0.2) is 30.3 Å². The molecule has 0 spiro atoms. The molecule has 1 unspecified atom stereocenters. The number of carbonyl (C=O) groups is 2. The first kappa shape index (κ1) is 15.4. The largest absolute Gasteiger partial charge is 0.366 e. The molecule has 3 aliphatic rings. The predicted molar refractivity (Wildman–Crippen MR) is 92.2 cm³/mol. The van der Waals surface area contributed by atoms with Crippen molar-refractivity contribution < 1.29 is 9.59 Å². The van der Waals surface area contributed by atoms with E-state index >= 15 is 0 Å². The van der Waals surface area contributed by atoms with Crippen molar-refractivity contribution in [1.82, 2.24) is 9.80 Å². The van der Waals surface area contributed by atoms with Crippen LogP contribution in [-0.4, -0.2) is 53.8 Å². The van der Waals surface area contributed by atoms with Crippen molar-refractivity contribution in [2.45, 2.75) is 25.3 Å². The summed E-state index contributed by atoms with van der Waals surface area (Å²) < 4.78 is 0. The first-order chi connectivity index (χ1) is 11.6. The summed E-state index contributed by atoms with van der Waals surface area (Å²) in [6.45, 7) is 3.65. The molecule has 1 atom stereocenters. The normalized spacial score (nSPS) is 24.2. The van der Waals surface area contributed by atoms with E-state index in [9.17, 15) is 9.59 Å². The van der Waals surface area contributed by atoms with Crippen LogP contribution in [0, 0.1) is 5.92 Å². The summed E-state index contributed by atoms with van der Waals surface area (Å²) in [7, 11) is 0. The Balaban J connectivity index is 1.34. The van der Waals surface area contributed by atoms with E-state index in [2.05, 4.69) is 4.90 Å². The van der Waals surface area contributed by atoms with Gasteiger partial charge in [-0.3, -0.25) is 14.5 Å². The van der Waals surface area contributed by atoms with Gasteiger partial charge in [0, 0.05) is 37.8 Å². The first-order valence-electron chi connectivity index (χ1n) is 8.78. The highest BCUT2D eigenvalue weighted by molar-refractivity contribution is 6.04. The molecule has 1 saturated carbocycles. The van der Waals surface area contributed by atoms with Gasteiger partial charge in [0.2, 0.25) is 11.8 Å². The Kier molecular flexibility index (Phi) is 3.88. The van der Waals surface area contributed by atoms with Gasteiger partial charge in [0.15, 0.2) is 0 Å². The molecule has 4 rings (SSSR count). The summed E-state index contributed by atoms with van der Waals surface area (Å²) in [4.78, 5) is 28.5. The minimum Gasteiger partial charge on any atom is -0.366 e. The van der Waals surface area contributed by atoms with Crippen LogP contribution in [0.3, 0.4) is 0 Å². The van der Waals surface area contributed by atoms with Crippen LogP contribution >= 0.6 is 0 Å². The van der Waals surface area contributed by atoms with E-state index in [0.717, 1.165) is 43.4 Å². The van der Waals surface area contributed by atoms with Gasteiger partial charge in [-0.05, 0) is 36.1 Å². The highest BCUT2D eigenvalue weighted by Crippen LogP contribution is 2.40. The van der Waals surface area contributed by atoms with Crippen molar-refractivity contribution in [3.05, 3.63) is 41.5 Å². The lowest BCUT2D eigenvalue weighted by atomic mass is 9.91. The molecule has 24 heavy (non-hydrogen) atoms. The molecule has 2 amide bonds. The Bertz CT molecular complexity index is 700.